The van der Waals surface area contributed by atoms with Crippen LogP contribution in [0.5, 0.6) is 0 Å². The zero-order valence-electron chi connectivity index (χ0n) is 13.7. The van der Waals surface area contributed by atoms with Crippen LogP contribution in [0.2, 0.25) is 10.0 Å². The molecule has 0 radical (unpaired) electrons. The Morgan fingerprint density at radius 2 is 1.58 bits per heavy atom. The Kier molecular flexibility index (Phi) is 4.73. The molecule has 5 nitrogen and oxygen atoms in total. The number of hydrogen-bond acceptors (Lipinski definition) is 4. The summed E-state index contributed by atoms with van der Waals surface area (Å²) in [5, 5.41) is 10.1. The number of aromatic nitrogens is 4. The minimum absolute atomic E-state index is 0.685. The molecule has 1 N–H and O–H groups in total. The molecule has 0 fully saturated rings. The number of rotatable bonds is 5. The molecule has 0 saturated carbocycles. The van der Waals surface area contributed by atoms with Gasteiger partial charge in [0.15, 0.2) is 5.65 Å². The van der Waals surface area contributed by atoms with Crippen LogP contribution >= 0.6 is 23.2 Å². The van der Waals surface area contributed by atoms with Gasteiger partial charge in [-0.15, -0.1) is 0 Å². The highest BCUT2D eigenvalue weighted by molar-refractivity contribution is 6.30. The second-order valence-electron chi connectivity index (χ2n) is 5.80. The van der Waals surface area contributed by atoms with E-state index in [0.29, 0.717) is 5.02 Å². The van der Waals surface area contributed by atoms with Gasteiger partial charge in [0.05, 0.1) is 17.3 Å². The lowest BCUT2D eigenvalue weighted by atomic mass is 10.1. The summed E-state index contributed by atoms with van der Waals surface area (Å²) >= 11 is 11.9. The van der Waals surface area contributed by atoms with Crippen LogP contribution in [0.25, 0.3) is 16.7 Å². The molecule has 0 atom stereocenters. The van der Waals surface area contributed by atoms with E-state index in [-0.39, 0.29) is 0 Å². The highest BCUT2D eigenvalue weighted by Crippen LogP contribution is 2.22. The van der Waals surface area contributed by atoms with Gasteiger partial charge >= 0.3 is 0 Å². The van der Waals surface area contributed by atoms with Gasteiger partial charge in [-0.2, -0.15) is 5.10 Å². The third-order valence-electron chi connectivity index (χ3n) is 4.06. The van der Waals surface area contributed by atoms with Gasteiger partial charge in [0, 0.05) is 16.6 Å². The Morgan fingerprint density at radius 3 is 2.31 bits per heavy atom. The summed E-state index contributed by atoms with van der Waals surface area (Å²) in [4.78, 5) is 8.73. The Morgan fingerprint density at radius 1 is 0.885 bits per heavy atom. The molecule has 2 aromatic carbocycles. The van der Waals surface area contributed by atoms with Gasteiger partial charge in [-0.1, -0.05) is 35.3 Å². The average Bonchev–Trinajstić information content (AvgIpc) is 3.09. The largest absolute Gasteiger partial charge is 0.369 e. The number of halogens is 2. The van der Waals surface area contributed by atoms with Crippen LogP contribution in [0, 0.1) is 0 Å². The van der Waals surface area contributed by atoms with E-state index in [1.165, 1.54) is 5.56 Å². The summed E-state index contributed by atoms with van der Waals surface area (Å²) in [6.45, 7) is 0.750. The maximum absolute atomic E-state index is 5.96. The van der Waals surface area contributed by atoms with Gasteiger partial charge in [0.2, 0.25) is 0 Å². The first-order chi connectivity index (χ1) is 12.7. The highest BCUT2D eigenvalue weighted by Gasteiger charge is 2.10. The first-order valence-corrected chi connectivity index (χ1v) is 8.89. The van der Waals surface area contributed by atoms with Gasteiger partial charge in [-0.3, -0.25) is 0 Å². The van der Waals surface area contributed by atoms with Crippen molar-refractivity contribution in [2.75, 3.05) is 11.9 Å². The second kappa shape index (κ2) is 7.32. The van der Waals surface area contributed by atoms with Crippen LogP contribution in [0.1, 0.15) is 5.56 Å². The normalized spacial score (nSPS) is 11.0. The summed E-state index contributed by atoms with van der Waals surface area (Å²) in [7, 11) is 0. The number of fused-ring (bicyclic) bond motifs is 1. The van der Waals surface area contributed by atoms with Gasteiger partial charge in [-0.05, 0) is 48.4 Å². The lowest BCUT2D eigenvalue weighted by Gasteiger charge is -2.07. The monoisotopic (exact) mass is 383 g/mol. The molecule has 2 heterocycles. The lowest BCUT2D eigenvalue weighted by molar-refractivity contribution is 0.895. The summed E-state index contributed by atoms with van der Waals surface area (Å²) < 4.78 is 1.78. The number of benzene rings is 2. The zero-order valence-corrected chi connectivity index (χ0v) is 15.2. The average molecular weight is 384 g/mol. The SMILES string of the molecule is Clc1ccc(CCNc2ncnc3c2cnn3-c2ccc(Cl)cc2)cc1. The number of nitrogens with one attached hydrogen (secondary N) is 1. The van der Waals surface area contributed by atoms with Crippen molar-refractivity contribution in [1.29, 1.82) is 0 Å². The Bertz CT molecular complexity index is 1030. The molecular formula is C19H15Cl2N5. The third-order valence-corrected chi connectivity index (χ3v) is 4.56. The van der Waals surface area contributed by atoms with Crippen molar-refractivity contribution in [1.82, 2.24) is 19.7 Å². The number of nitrogens with zero attached hydrogens (tertiary/aromatic N) is 4. The van der Waals surface area contributed by atoms with Gasteiger partial charge in [0.1, 0.15) is 12.1 Å². The quantitative estimate of drug-likeness (QED) is 0.538. The number of hydrogen-bond donors (Lipinski definition) is 1. The molecule has 0 unspecified atom stereocenters. The molecule has 7 heteroatoms. The van der Waals surface area contributed by atoms with Crippen molar-refractivity contribution in [2.45, 2.75) is 6.42 Å². The van der Waals surface area contributed by atoms with Crippen molar-refractivity contribution >= 4 is 40.1 Å². The molecule has 0 bridgehead atoms. The fourth-order valence-electron chi connectivity index (χ4n) is 2.73. The van der Waals surface area contributed by atoms with Crippen molar-refractivity contribution in [2.24, 2.45) is 0 Å². The molecule has 0 aliphatic rings. The predicted octanol–water partition coefficient (Wildman–Crippen LogP) is 4.78. The van der Waals surface area contributed by atoms with Crippen LogP contribution in [0.3, 0.4) is 0 Å². The van der Waals surface area contributed by atoms with Gasteiger partial charge in [-0.25, -0.2) is 14.6 Å². The molecule has 4 aromatic rings. The van der Waals surface area contributed by atoms with E-state index in [0.717, 1.165) is 40.5 Å². The fraction of sp³-hybridized carbons (Fsp3) is 0.105. The minimum Gasteiger partial charge on any atom is -0.369 e. The van der Waals surface area contributed by atoms with E-state index in [9.17, 15) is 0 Å². The van der Waals surface area contributed by atoms with Crippen LogP contribution < -0.4 is 5.32 Å². The maximum Gasteiger partial charge on any atom is 0.168 e. The molecule has 0 spiro atoms. The second-order valence-corrected chi connectivity index (χ2v) is 6.67. The molecule has 0 amide bonds. The van der Waals surface area contributed by atoms with Crippen LogP contribution in [0.15, 0.2) is 61.1 Å². The zero-order chi connectivity index (χ0) is 17.9. The summed E-state index contributed by atoms with van der Waals surface area (Å²) in [6.07, 6.45) is 4.18. The molecule has 2 aromatic heterocycles. The van der Waals surface area contributed by atoms with E-state index in [1.54, 1.807) is 17.2 Å². The van der Waals surface area contributed by atoms with E-state index < -0.39 is 0 Å². The van der Waals surface area contributed by atoms with Crippen molar-refractivity contribution in [3.05, 3.63) is 76.7 Å². The minimum atomic E-state index is 0.685. The smallest absolute Gasteiger partial charge is 0.168 e. The summed E-state index contributed by atoms with van der Waals surface area (Å²) in [5.41, 5.74) is 2.86. The molecular weight excluding hydrogens is 369 g/mol. The van der Waals surface area contributed by atoms with Crippen molar-refractivity contribution in [3.8, 4) is 5.69 Å². The first-order valence-electron chi connectivity index (χ1n) is 8.14. The third kappa shape index (κ3) is 3.49. The standard InChI is InChI=1S/C19H15Cl2N5/c20-14-3-1-13(2-4-14)9-10-22-18-17-11-25-26(19(17)24-12-23-18)16-7-5-15(21)6-8-16/h1-8,11-12H,9-10H2,(H,22,23,24). The summed E-state index contributed by atoms with van der Waals surface area (Å²) in [5.74, 6) is 0.768. The Labute approximate surface area is 160 Å². The van der Waals surface area contributed by atoms with Crippen LogP contribution in [-0.4, -0.2) is 26.3 Å². The van der Waals surface area contributed by atoms with Crippen molar-refractivity contribution in [3.63, 3.8) is 0 Å². The van der Waals surface area contributed by atoms with E-state index in [2.05, 4.69) is 20.4 Å². The summed E-state index contributed by atoms with van der Waals surface area (Å²) in [6, 6.07) is 15.3. The van der Waals surface area contributed by atoms with E-state index >= 15 is 0 Å². The molecule has 4 rings (SSSR count). The van der Waals surface area contributed by atoms with Gasteiger partial charge < -0.3 is 5.32 Å². The lowest BCUT2D eigenvalue weighted by Crippen LogP contribution is -2.07. The predicted molar refractivity (Wildman–Crippen MR) is 105 cm³/mol. The van der Waals surface area contributed by atoms with E-state index in [4.69, 9.17) is 23.2 Å². The Balaban J connectivity index is 1.54. The fourth-order valence-corrected chi connectivity index (χ4v) is 2.98. The van der Waals surface area contributed by atoms with E-state index in [1.807, 2.05) is 48.5 Å². The number of anilines is 1. The molecule has 0 saturated heterocycles. The van der Waals surface area contributed by atoms with Crippen LogP contribution in [-0.2, 0) is 6.42 Å². The Hall–Kier alpha value is -2.63. The molecule has 0 aliphatic carbocycles. The molecule has 26 heavy (non-hydrogen) atoms. The van der Waals surface area contributed by atoms with Crippen molar-refractivity contribution < 1.29 is 0 Å². The first kappa shape index (κ1) is 16.8. The molecule has 0 aliphatic heterocycles. The maximum atomic E-state index is 5.96. The molecule has 130 valence electrons. The highest BCUT2D eigenvalue weighted by atomic mass is 35.5. The van der Waals surface area contributed by atoms with Gasteiger partial charge in [0.25, 0.3) is 0 Å². The van der Waals surface area contributed by atoms with Crippen LogP contribution in [0.4, 0.5) is 5.82 Å². The topological polar surface area (TPSA) is 55.6 Å².